The van der Waals surface area contributed by atoms with Crippen molar-refractivity contribution in [1.29, 1.82) is 0 Å². The number of likely N-dealkylation sites (tertiary alicyclic amines) is 1. The fraction of sp³-hybridized carbons (Fsp3) is 0.538. The molecule has 0 saturated carbocycles. The van der Waals surface area contributed by atoms with Gasteiger partial charge in [-0.05, 0) is 36.6 Å². The summed E-state index contributed by atoms with van der Waals surface area (Å²) in [4.78, 5) is 2.39. The first-order chi connectivity index (χ1) is 7.65. The van der Waals surface area contributed by atoms with Crippen molar-refractivity contribution >= 4 is 0 Å². The average molecular weight is 222 g/mol. The third-order valence-electron chi connectivity index (χ3n) is 3.26. The van der Waals surface area contributed by atoms with Gasteiger partial charge in [-0.25, -0.2) is 4.39 Å². The second kappa shape index (κ2) is 4.93. The van der Waals surface area contributed by atoms with Crippen LogP contribution in [0.15, 0.2) is 24.3 Å². The lowest BCUT2D eigenvalue weighted by Gasteiger charge is -2.20. The second-order valence-electron chi connectivity index (χ2n) is 4.81. The molecule has 2 rings (SSSR count). The molecule has 1 aromatic carbocycles. The molecule has 0 spiro atoms. The lowest BCUT2D eigenvalue weighted by Crippen LogP contribution is -2.30. The van der Waals surface area contributed by atoms with Crippen molar-refractivity contribution in [3.63, 3.8) is 0 Å². The number of nitrogens with zero attached hydrogens (tertiary/aromatic N) is 1. The van der Waals surface area contributed by atoms with Crippen LogP contribution in [0.2, 0.25) is 0 Å². The van der Waals surface area contributed by atoms with Gasteiger partial charge in [-0.15, -0.1) is 0 Å². The Morgan fingerprint density at radius 3 is 2.69 bits per heavy atom. The Balaban J connectivity index is 1.92. The van der Waals surface area contributed by atoms with Gasteiger partial charge in [0.15, 0.2) is 0 Å². The Labute approximate surface area is 96.2 Å². The molecule has 0 aromatic heterocycles. The summed E-state index contributed by atoms with van der Waals surface area (Å²) in [7, 11) is 0. The molecule has 0 amide bonds. The minimum absolute atomic E-state index is 0.00843. The molecule has 88 valence electrons. The fourth-order valence-corrected chi connectivity index (χ4v) is 2.29. The molecule has 2 unspecified atom stereocenters. The molecule has 1 aliphatic rings. The minimum Gasteiger partial charge on any atom is -0.323 e. The maximum absolute atomic E-state index is 12.8. The predicted octanol–water partition coefficient (Wildman–Crippen LogP) is 2.17. The summed E-state index contributed by atoms with van der Waals surface area (Å²) in [5.41, 5.74) is 7.12. The normalized spacial score (nSPS) is 23.6. The van der Waals surface area contributed by atoms with Crippen LogP contribution in [-0.2, 0) is 0 Å². The van der Waals surface area contributed by atoms with Gasteiger partial charge in [-0.1, -0.05) is 19.1 Å². The largest absolute Gasteiger partial charge is 0.323 e. The molecule has 1 fully saturated rings. The first-order valence-corrected chi connectivity index (χ1v) is 5.88. The molecule has 1 heterocycles. The Hall–Kier alpha value is -0.930. The van der Waals surface area contributed by atoms with Crippen LogP contribution in [0.5, 0.6) is 0 Å². The lowest BCUT2D eigenvalue weighted by molar-refractivity contribution is 0.306. The van der Waals surface area contributed by atoms with Crippen molar-refractivity contribution in [2.75, 3.05) is 19.6 Å². The highest BCUT2D eigenvalue weighted by Crippen LogP contribution is 2.19. The molecule has 0 bridgehead atoms. The van der Waals surface area contributed by atoms with Crippen molar-refractivity contribution in [2.24, 2.45) is 11.7 Å². The zero-order valence-electron chi connectivity index (χ0n) is 9.70. The van der Waals surface area contributed by atoms with Crippen LogP contribution in [-0.4, -0.2) is 24.5 Å². The zero-order valence-corrected chi connectivity index (χ0v) is 9.70. The molecular formula is C13H19FN2. The van der Waals surface area contributed by atoms with E-state index < -0.39 is 0 Å². The Morgan fingerprint density at radius 1 is 1.44 bits per heavy atom. The van der Waals surface area contributed by atoms with Crippen molar-refractivity contribution in [1.82, 2.24) is 4.90 Å². The van der Waals surface area contributed by atoms with Crippen LogP contribution in [0.4, 0.5) is 4.39 Å². The lowest BCUT2D eigenvalue weighted by atomic mass is 10.1. The summed E-state index contributed by atoms with van der Waals surface area (Å²) in [5.74, 6) is 0.575. The number of hydrogen-bond acceptors (Lipinski definition) is 2. The molecule has 3 heteroatoms. The standard InChI is InChI=1S/C13H19FN2/c1-10-6-7-16(8-10)9-13(15)11-2-4-12(14)5-3-11/h2-5,10,13H,6-9,15H2,1H3. The van der Waals surface area contributed by atoms with Crippen LogP contribution in [0.25, 0.3) is 0 Å². The fourth-order valence-electron chi connectivity index (χ4n) is 2.29. The highest BCUT2D eigenvalue weighted by Gasteiger charge is 2.20. The van der Waals surface area contributed by atoms with E-state index in [0.717, 1.165) is 31.1 Å². The van der Waals surface area contributed by atoms with E-state index in [1.165, 1.54) is 18.6 Å². The number of halogens is 1. The predicted molar refractivity (Wildman–Crippen MR) is 63.5 cm³/mol. The number of nitrogens with two attached hydrogens (primary N) is 1. The Morgan fingerprint density at radius 2 is 2.12 bits per heavy atom. The maximum atomic E-state index is 12.8. The van der Waals surface area contributed by atoms with Gasteiger partial charge in [0, 0.05) is 19.1 Å². The van der Waals surface area contributed by atoms with Gasteiger partial charge < -0.3 is 10.6 Å². The van der Waals surface area contributed by atoms with Crippen LogP contribution in [0, 0.1) is 11.7 Å². The molecule has 2 nitrogen and oxygen atoms in total. The summed E-state index contributed by atoms with van der Waals surface area (Å²) in [5, 5.41) is 0. The molecule has 1 aromatic rings. The highest BCUT2D eigenvalue weighted by atomic mass is 19.1. The average Bonchev–Trinajstić information content (AvgIpc) is 2.65. The van der Waals surface area contributed by atoms with Crippen molar-refractivity contribution in [3.8, 4) is 0 Å². The monoisotopic (exact) mass is 222 g/mol. The van der Waals surface area contributed by atoms with Gasteiger partial charge in [0.05, 0.1) is 0 Å². The van der Waals surface area contributed by atoms with Gasteiger partial charge in [0.25, 0.3) is 0 Å². The van der Waals surface area contributed by atoms with Gasteiger partial charge in [-0.2, -0.15) is 0 Å². The van der Waals surface area contributed by atoms with Gasteiger partial charge in [0.1, 0.15) is 5.82 Å². The minimum atomic E-state index is -0.203. The highest BCUT2D eigenvalue weighted by molar-refractivity contribution is 5.19. The molecule has 1 aliphatic heterocycles. The summed E-state index contributed by atoms with van der Waals surface area (Å²) in [6.45, 7) is 5.41. The molecule has 1 saturated heterocycles. The van der Waals surface area contributed by atoms with Crippen LogP contribution >= 0.6 is 0 Å². The Bertz CT molecular complexity index is 336. The van der Waals surface area contributed by atoms with Crippen LogP contribution in [0.3, 0.4) is 0 Å². The van der Waals surface area contributed by atoms with E-state index in [2.05, 4.69) is 11.8 Å². The van der Waals surface area contributed by atoms with Gasteiger partial charge in [0.2, 0.25) is 0 Å². The van der Waals surface area contributed by atoms with Crippen molar-refractivity contribution < 1.29 is 4.39 Å². The van der Waals surface area contributed by atoms with Crippen molar-refractivity contribution in [2.45, 2.75) is 19.4 Å². The number of hydrogen-bond donors (Lipinski definition) is 1. The zero-order chi connectivity index (χ0) is 11.5. The van der Waals surface area contributed by atoms with E-state index in [0.29, 0.717) is 0 Å². The van der Waals surface area contributed by atoms with Crippen LogP contribution < -0.4 is 5.73 Å². The molecule has 2 N–H and O–H groups in total. The topological polar surface area (TPSA) is 29.3 Å². The maximum Gasteiger partial charge on any atom is 0.123 e. The Kier molecular flexibility index (Phi) is 3.56. The van der Waals surface area contributed by atoms with E-state index in [1.807, 2.05) is 0 Å². The molecular weight excluding hydrogens is 203 g/mol. The molecule has 0 radical (unpaired) electrons. The quantitative estimate of drug-likeness (QED) is 0.849. The summed E-state index contributed by atoms with van der Waals surface area (Å²) in [6, 6.07) is 6.49. The smallest absolute Gasteiger partial charge is 0.123 e. The van der Waals surface area contributed by atoms with E-state index in [9.17, 15) is 4.39 Å². The third kappa shape index (κ3) is 2.80. The number of rotatable bonds is 3. The SMILES string of the molecule is CC1CCN(CC(N)c2ccc(F)cc2)C1. The number of benzene rings is 1. The molecule has 2 atom stereocenters. The van der Waals surface area contributed by atoms with E-state index in [1.54, 1.807) is 12.1 Å². The van der Waals surface area contributed by atoms with E-state index in [-0.39, 0.29) is 11.9 Å². The summed E-state index contributed by atoms with van der Waals surface area (Å²) < 4.78 is 12.8. The van der Waals surface area contributed by atoms with Gasteiger partial charge in [-0.3, -0.25) is 0 Å². The van der Waals surface area contributed by atoms with Crippen molar-refractivity contribution in [3.05, 3.63) is 35.6 Å². The summed E-state index contributed by atoms with van der Waals surface area (Å²) >= 11 is 0. The first-order valence-electron chi connectivity index (χ1n) is 5.88. The first kappa shape index (κ1) is 11.6. The third-order valence-corrected chi connectivity index (χ3v) is 3.26. The van der Waals surface area contributed by atoms with E-state index in [4.69, 9.17) is 5.73 Å². The summed E-state index contributed by atoms with van der Waals surface area (Å²) in [6.07, 6.45) is 1.26. The second-order valence-corrected chi connectivity index (χ2v) is 4.81. The van der Waals surface area contributed by atoms with Crippen LogP contribution in [0.1, 0.15) is 24.9 Å². The molecule has 0 aliphatic carbocycles. The van der Waals surface area contributed by atoms with Gasteiger partial charge >= 0.3 is 0 Å². The van der Waals surface area contributed by atoms with E-state index >= 15 is 0 Å². The molecule has 16 heavy (non-hydrogen) atoms.